The molecule has 0 aromatic carbocycles. The molecule has 3 heteroatoms. The number of ether oxygens (including phenoxy) is 1. The van der Waals surface area contributed by atoms with Gasteiger partial charge in [0.05, 0.1) is 12.5 Å². The van der Waals surface area contributed by atoms with Crippen molar-refractivity contribution in [3.8, 4) is 0 Å². The molecule has 0 saturated heterocycles. The Labute approximate surface area is 97.5 Å². The first-order valence-electron chi connectivity index (χ1n) is 6.25. The average molecular weight is 226 g/mol. The van der Waals surface area contributed by atoms with Gasteiger partial charge in [-0.3, -0.25) is 9.59 Å². The van der Waals surface area contributed by atoms with Crippen LogP contribution in [0.1, 0.15) is 46.5 Å². The van der Waals surface area contributed by atoms with E-state index in [0.29, 0.717) is 25.4 Å². The van der Waals surface area contributed by atoms with Crippen molar-refractivity contribution in [3.05, 3.63) is 0 Å². The molecule has 16 heavy (non-hydrogen) atoms. The van der Waals surface area contributed by atoms with Crippen LogP contribution in [0.15, 0.2) is 0 Å². The summed E-state index contributed by atoms with van der Waals surface area (Å²) in [5.74, 6) is 0.536. The number of hydrogen-bond acceptors (Lipinski definition) is 3. The van der Waals surface area contributed by atoms with Crippen LogP contribution in [0.3, 0.4) is 0 Å². The van der Waals surface area contributed by atoms with Crippen molar-refractivity contribution in [2.24, 2.45) is 17.8 Å². The predicted octanol–water partition coefficient (Wildman–Crippen LogP) is 2.58. The highest BCUT2D eigenvalue weighted by atomic mass is 16.5. The molecule has 2 atom stereocenters. The van der Waals surface area contributed by atoms with Gasteiger partial charge in [-0.05, 0) is 25.7 Å². The third kappa shape index (κ3) is 3.95. The minimum Gasteiger partial charge on any atom is -0.466 e. The van der Waals surface area contributed by atoms with E-state index < -0.39 is 0 Å². The lowest BCUT2D eigenvalue weighted by Crippen LogP contribution is -2.11. The molecule has 1 aliphatic rings. The van der Waals surface area contributed by atoms with Gasteiger partial charge in [0.15, 0.2) is 0 Å². The Hall–Kier alpha value is -0.860. The van der Waals surface area contributed by atoms with Gasteiger partial charge in [0.25, 0.3) is 0 Å². The molecular weight excluding hydrogens is 204 g/mol. The molecule has 1 saturated carbocycles. The molecule has 1 rings (SSSR count). The van der Waals surface area contributed by atoms with E-state index in [1.807, 2.05) is 0 Å². The number of ketones is 1. The fourth-order valence-corrected chi connectivity index (χ4v) is 1.93. The Kier molecular flexibility index (Phi) is 4.97. The summed E-state index contributed by atoms with van der Waals surface area (Å²) in [6.07, 6.45) is 3.36. The summed E-state index contributed by atoms with van der Waals surface area (Å²) in [5.41, 5.74) is 0. The molecular formula is C13H22O3. The zero-order chi connectivity index (χ0) is 12.1. The third-order valence-electron chi connectivity index (χ3n) is 3.00. The van der Waals surface area contributed by atoms with Crippen LogP contribution >= 0.6 is 0 Å². The predicted molar refractivity (Wildman–Crippen MR) is 61.9 cm³/mol. The lowest BCUT2D eigenvalue weighted by Gasteiger charge is -2.03. The van der Waals surface area contributed by atoms with Crippen molar-refractivity contribution in [1.82, 2.24) is 0 Å². The molecule has 0 N–H and O–H groups in total. The SMILES string of the molecule is CCOC(=O)[C@@H]1C[C@H]1C(=O)CCCC(C)C. The zero-order valence-electron chi connectivity index (χ0n) is 10.5. The molecule has 0 aromatic heterocycles. The van der Waals surface area contributed by atoms with Gasteiger partial charge in [-0.15, -0.1) is 0 Å². The highest BCUT2D eigenvalue weighted by molar-refractivity contribution is 5.91. The highest BCUT2D eigenvalue weighted by Crippen LogP contribution is 2.41. The molecule has 0 heterocycles. The van der Waals surface area contributed by atoms with Crippen LogP contribution in [0.25, 0.3) is 0 Å². The summed E-state index contributed by atoms with van der Waals surface area (Å²) in [5, 5.41) is 0. The third-order valence-corrected chi connectivity index (χ3v) is 3.00. The van der Waals surface area contributed by atoms with E-state index >= 15 is 0 Å². The maximum absolute atomic E-state index is 11.7. The minimum atomic E-state index is -0.190. The Morgan fingerprint density at radius 3 is 2.56 bits per heavy atom. The number of esters is 1. The second-order valence-electron chi connectivity index (χ2n) is 4.95. The van der Waals surface area contributed by atoms with E-state index in [0.717, 1.165) is 12.8 Å². The van der Waals surface area contributed by atoms with E-state index in [4.69, 9.17) is 4.74 Å². The maximum atomic E-state index is 11.7. The maximum Gasteiger partial charge on any atom is 0.309 e. The molecule has 0 spiro atoms. The molecule has 0 aliphatic heterocycles. The van der Waals surface area contributed by atoms with Crippen LogP contribution in [0.2, 0.25) is 0 Å². The second kappa shape index (κ2) is 6.02. The van der Waals surface area contributed by atoms with Crippen LogP contribution in [0, 0.1) is 17.8 Å². The molecule has 1 aliphatic carbocycles. The quantitative estimate of drug-likeness (QED) is 0.627. The van der Waals surface area contributed by atoms with E-state index in [-0.39, 0.29) is 23.6 Å². The molecule has 0 radical (unpaired) electrons. The summed E-state index contributed by atoms with van der Waals surface area (Å²) >= 11 is 0. The Morgan fingerprint density at radius 1 is 1.31 bits per heavy atom. The summed E-state index contributed by atoms with van der Waals surface area (Å²) in [7, 11) is 0. The van der Waals surface area contributed by atoms with Crippen LogP contribution in [0.5, 0.6) is 0 Å². The molecule has 0 amide bonds. The minimum absolute atomic E-state index is 0.0359. The van der Waals surface area contributed by atoms with Gasteiger partial charge in [0.1, 0.15) is 5.78 Å². The molecule has 0 aromatic rings. The Balaban J connectivity index is 2.18. The molecule has 0 bridgehead atoms. The lowest BCUT2D eigenvalue weighted by molar-refractivity contribution is -0.145. The van der Waals surface area contributed by atoms with Gasteiger partial charge >= 0.3 is 5.97 Å². The number of Topliss-reactive ketones (excluding diaryl/α,β-unsaturated/α-hetero) is 1. The molecule has 92 valence electrons. The summed E-state index contributed by atoms with van der Waals surface area (Å²) in [4.78, 5) is 23.0. The smallest absolute Gasteiger partial charge is 0.309 e. The number of carbonyl (C=O) groups excluding carboxylic acids is 2. The van der Waals surface area contributed by atoms with Crippen molar-refractivity contribution >= 4 is 11.8 Å². The summed E-state index contributed by atoms with van der Waals surface area (Å²) < 4.78 is 4.90. The summed E-state index contributed by atoms with van der Waals surface area (Å²) in [6.45, 7) is 6.51. The summed E-state index contributed by atoms with van der Waals surface area (Å²) in [6, 6.07) is 0. The van der Waals surface area contributed by atoms with Crippen LogP contribution in [0.4, 0.5) is 0 Å². The fourth-order valence-electron chi connectivity index (χ4n) is 1.93. The topological polar surface area (TPSA) is 43.4 Å². The van der Waals surface area contributed by atoms with E-state index in [9.17, 15) is 9.59 Å². The van der Waals surface area contributed by atoms with Crippen LogP contribution < -0.4 is 0 Å². The fraction of sp³-hybridized carbons (Fsp3) is 0.846. The van der Waals surface area contributed by atoms with Gasteiger partial charge in [0.2, 0.25) is 0 Å². The molecule has 0 unspecified atom stereocenters. The van der Waals surface area contributed by atoms with Crippen molar-refractivity contribution in [1.29, 1.82) is 0 Å². The normalized spacial score (nSPS) is 23.2. The molecule has 3 nitrogen and oxygen atoms in total. The number of rotatable bonds is 7. The van der Waals surface area contributed by atoms with Crippen LogP contribution in [-0.2, 0) is 14.3 Å². The second-order valence-corrected chi connectivity index (χ2v) is 4.95. The Morgan fingerprint density at radius 2 is 2.00 bits per heavy atom. The van der Waals surface area contributed by atoms with Gasteiger partial charge in [-0.2, -0.15) is 0 Å². The number of hydrogen-bond donors (Lipinski definition) is 0. The largest absolute Gasteiger partial charge is 0.466 e. The highest BCUT2D eigenvalue weighted by Gasteiger charge is 2.48. The molecule has 1 fully saturated rings. The van der Waals surface area contributed by atoms with Gasteiger partial charge < -0.3 is 4.74 Å². The van der Waals surface area contributed by atoms with Gasteiger partial charge in [0, 0.05) is 12.3 Å². The van der Waals surface area contributed by atoms with Crippen molar-refractivity contribution in [2.45, 2.75) is 46.5 Å². The van der Waals surface area contributed by atoms with Gasteiger partial charge in [-0.25, -0.2) is 0 Å². The first kappa shape index (κ1) is 13.2. The van der Waals surface area contributed by atoms with E-state index in [1.165, 1.54) is 0 Å². The van der Waals surface area contributed by atoms with Gasteiger partial charge in [-0.1, -0.05) is 20.3 Å². The van der Waals surface area contributed by atoms with Crippen LogP contribution in [-0.4, -0.2) is 18.4 Å². The Bertz CT molecular complexity index is 258. The first-order valence-corrected chi connectivity index (χ1v) is 6.25. The first-order chi connectivity index (χ1) is 7.56. The average Bonchev–Trinajstić information content (AvgIpc) is 2.96. The number of carbonyl (C=O) groups is 2. The monoisotopic (exact) mass is 226 g/mol. The van der Waals surface area contributed by atoms with E-state index in [1.54, 1.807) is 6.92 Å². The lowest BCUT2D eigenvalue weighted by atomic mass is 10.0. The van der Waals surface area contributed by atoms with E-state index in [2.05, 4.69) is 13.8 Å². The van der Waals surface area contributed by atoms with Crippen molar-refractivity contribution in [3.63, 3.8) is 0 Å². The van der Waals surface area contributed by atoms with Crippen molar-refractivity contribution in [2.75, 3.05) is 6.61 Å². The zero-order valence-corrected chi connectivity index (χ0v) is 10.5. The standard InChI is InChI=1S/C13H22O3/c1-4-16-13(15)11-8-10(11)12(14)7-5-6-9(2)3/h9-11H,4-8H2,1-3H3/t10-,11-/m1/s1. The van der Waals surface area contributed by atoms with Crippen molar-refractivity contribution < 1.29 is 14.3 Å².